The first kappa shape index (κ1) is 16.3. The summed E-state index contributed by atoms with van der Waals surface area (Å²) in [4.78, 5) is 2.58. The second kappa shape index (κ2) is 6.52. The highest BCUT2D eigenvalue weighted by Crippen LogP contribution is 2.35. The van der Waals surface area contributed by atoms with Crippen molar-refractivity contribution in [3.8, 4) is 18.1 Å². The van der Waals surface area contributed by atoms with Crippen LogP contribution in [0.4, 0.5) is 0 Å². The molecule has 3 aliphatic rings. The predicted octanol–water partition coefficient (Wildman–Crippen LogP) is 1.32. The highest BCUT2D eigenvalue weighted by Gasteiger charge is 2.39. The van der Waals surface area contributed by atoms with E-state index in [1.807, 2.05) is 0 Å². The van der Waals surface area contributed by atoms with Crippen molar-refractivity contribution in [1.29, 1.82) is 0 Å². The Morgan fingerprint density at radius 3 is 2.70 bits per heavy atom. The van der Waals surface area contributed by atoms with Gasteiger partial charge in [-0.2, -0.15) is 0 Å². The van der Waals surface area contributed by atoms with Crippen LogP contribution in [0.5, 0.6) is 5.75 Å². The summed E-state index contributed by atoms with van der Waals surface area (Å²) in [6, 6.07) is 6.66. The fourth-order valence-electron chi connectivity index (χ4n) is 3.58. The molecule has 5 nitrogen and oxygen atoms in total. The first-order valence-corrected chi connectivity index (χ1v) is 9.35. The van der Waals surface area contributed by atoms with Gasteiger partial charge in [0.1, 0.15) is 5.75 Å². The van der Waals surface area contributed by atoms with Crippen LogP contribution in [0.15, 0.2) is 29.2 Å². The molecule has 0 aromatic heterocycles. The standard InChI is InChI=1S/C17H22N2O3S/c1-3-13-12-19-9-8-14(13)10-15(19)11-18-23(20,21)17-6-4-16(22-2)5-7-17/h1,4-7,13-15,18H,8-12H2,2H3/t13-,14-,15+/m0/s1. The third-order valence-electron chi connectivity index (χ3n) is 4.97. The van der Waals surface area contributed by atoms with Gasteiger partial charge in [0.15, 0.2) is 0 Å². The molecule has 3 saturated heterocycles. The van der Waals surface area contributed by atoms with E-state index in [-0.39, 0.29) is 10.9 Å². The molecular formula is C17H22N2O3S. The molecule has 4 rings (SSSR count). The van der Waals surface area contributed by atoms with Crippen molar-refractivity contribution in [2.45, 2.75) is 23.8 Å². The summed E-state index contributed by atoms with van der Waals surface area (Å²) < 4.78 is 32.6. The van der Waals surface area contributed by atoms with Crippen LogP contribution in [-0.2, 0) is 10.0 Å². The fourth-order valence-corrected chi connectivity index (χ4v) is 4.66. The number of hydrogen-bond acceptors (Lipinski definition) is 4. The molecule has 0 saturated carbocycles. The van der Waals surface area contributed by atoms with E-state index in [2.05, 4.69) is 15.5 Å². The molecule has 2 bridgehead atoms. The minimum atomic E-state index is -3.49. The predicted molar refractivity (Wildman–Crippen MR) is 88.6 cm³/mol. The average Bonchev–Trinajstić information content (AvgIpc) is 2.60. The molecule has 1 N–H and O–H groups in total. The zero-order valence-corrected chi connectivity index (χ0v) is 14.1. The lowest BCUT2D eigenvalue weighted by atomic mass is 9.76. The van der Waals surface area contributed by atoms with Gasteiger partial charge in [-0.05, 0) is 49.6 Å². The Balaban J connectivity index is 1.62. The zero-order chi connectivity index (χ0) is 16.4. The summed E-state index contributed by atoms with van der Waals surface area (Å²) in [5, 5.41) is 0. The van der Waals surface area contributed by atoms with E-state index in [4.69, 9.17) is 11.2 Å². The lowest BCUT2D eigenvalue weighted by Crippen LogP contribution is -2.56. The summed E-state index contributed by atoms with van der Waals surface area (Å²) >= 11 is 0. The number of benzene rings is 1. The number of ether oxygens (including phenoxy) is 1. The van der Waals surface area contributed by atoms with Crippen LogP contribution in [0.1, 0.15) is 12.8 Å². The molecule has 23 heavy (non-hydrogen) atoms. The Bertz CT molecular complexity index is 694. The van der Waals surface area contributed by atoms with E-state index in [1.165, 1.54) is 0 Å². The molecule has 0 spiro atoms. The van der Waals surface area contributed by atoms with Gasteiger partial charge < -0.3 is 4.74 Å². The summed E-state index contributed by atoms with van der Waals surface area (Å²) in [5.74, 6) is 4.36. The molecule has 3 heterocycles. The number of hydrogen-bond donors (Lipinski definition) is 1. The minimum Gasteiger partial charge on any atom is -0.497 e. The van der Waals surface area contributed by atoms with Gasteiger partial charge in [0, 0.05) is 25.0 Å². The molecule has 3 fully saturated rings. The lowest BCUT2D eigenvalue weighted by molar-refractivity contribution is 0.0251. The maximum atomic E-state index is 12.4. The number of nitrogens with one attached hydrogen (secondary N) is 1. The van der Waals surface area contributed by atoms with Gasteiger partial charge in [-0.25, -0.2) is 13.1 Å². The van der Waals surface area contributed by atoms with E-state index in [9.17, 15) is 8.42 Å². The second-order valence-electron chi connectivity index (χ2n) is 6.23. The molecule has 0 amide bonds. The molecule has 0 radical (unpaired) electrons. The highest BCUT2D eigenvalue weighted by molar-refractivity contribution is 7.89. The largest absolute Gasteiger partial charge is 0.497 e. The Hall–Kier alpha value is -1.55. The lowest BCUT2D eigenvalue weighted by Gasteiger charge is -2.48. The first-order valence-electron chi connectivity index (χ1n) is 7.87. The summed E-state index contributed by atoms with van der Waals surface area (Å²) in [6.07, 6.45) is 7.67. The zero-order valence-electron chi connectivity index (χ0n) is 13.2. The molecule has 1 unspecified atom stereocenters. The molecule has 1 aromatic carbocycles. The molecule has 1 aromatic rings. The Labute approximate surface area is 138 Å². The van der Waals surface area contributed by atoms with Crippen LogP contribution >= 0.6 is 0 Å². The average molecular weight is 334 g/mol. The number of rotatable bonds is 5. The maximum Gasteiger partial charge on any atom is 0.240 e. The first-order chi connectivity index (χ1) is 11.0. The quantitative estimate of drug-likeness (QED) is 0.825. The van der Waals surface area contributed by atoms with Gasteiger partial charge in [0.2, 0.25) is 10.0 Å². The van der Waals surface area contributed by atoms with Crippen molar-refractivity contribution in [3.05, 3.63) is 24.3 Å². The number of sulfonamides is 1. The van der Waals surface area contributed by atoms with Gasteiger partial charge in [-0.15, -0.1) is 12.3 Å². The Morgan fingerprint density at radius 1 is 1.39 bits per heavy atom. The van der Waals surface area contributed by atoms with Crippen molar-refractivity contribution in [3.63, 3.8) is 0 Å². The number of nitrogens with zero attached hydrogens (tertiary/aromatic N) is 1. The van der Waals surface area contributed by atoms with Gasteiger partial charge in [-0.1, -0.05) is 0 Å². The van der Waals surface area contributed by atoms with Crippen LogP contribution in [0.2, 0.25) is 0 Å². The van der Waals surface area contributed by atoms with Gasteiger partial charge >= 0.3 is 0 Å². The number of piperidine rings is 3. The van der Waals surface area contributed by atoms with Gasteiger partial charge in [0.05, 0.1) is 12.0 Å². The van der Waals surface area contributed by atoms with Crippen LogP contribution in [0, 0.1) is 24.2 Å². The number of methoxy groups -OCH3 is 1. The normalized spacial score (nSPS) is 29.9. The van der Waals surface area contributed by atoms with E-state index in [0.29, 0.717) is 24.1 Å². The fraction of sp³-hybridized carbons (Fsp3) is 0.529. The third-order valence-corrected chi connectivity index (χ3v) is 6.41. The van der Waals surface area contributed by atoms with Crippen molar-refractivity contribution in [1.82, 2.24) is 9.62 Å². The topological polar surface area (TPSA) is 58.6 Å². The van der Waals surface area contributed by atoms with Crippen molar-refractivity contribution < 1.29 is 13.2 Å². The maximum absolute atomic E-state index is 12.4. The summed E-state index contributed by atoms with van der Waals surface area (Å²) in [7, 11) is -1.94. The van der Waals surface area contributed by atoms with Crippen LogP contribution in [0.3, 0.4) is 0 Å². The second-order valence-corrected chi connectivity index (χ2v) is 8.00. The van der Waals surface area contributed by atoms with Crippen LogP contribution in [0.25, 0.3) is 0 Å². The SMILES string of the molecule is C#C[C@H]1CN2CC[C@H]1C[C@@H]2CNS(=O)(=O)c1ccc(OC)cc1. The monoisotopic (exact) mass is 334 g/mol. The highest BCUT2D eigenvalue weighted by atomic mass is 32.2. The van der Waals surface area contributed by atoms with E-state index < -0.39 is 10.0 Å². The molecule has 4 atom stereocenters. The van der Waals surface area contributed by atoms with Crippen LogP contribution in [-0.4, -0.2) is 46.1 Å². The third kappa shape index (κ3) is 3.37. The Morgan fingerprint density at radius 2 is 2.13 bits per heavy atom. The van der Waals surface area contributed by atoms with Crippen molar-refractivity contribution in [2.75, 3.05) is 26.7 Å². The molecule has 124 valence electrons. The van der Waals surface area contributed by atoms with Crippen molar-refractivity contribution in [2.24, 2.45) is 11.8 Å². The molecular weight excluding hydrogens is 312 g/mol. The summed E-state index contributed by atoms with van der Waals surface area (Å²) in [6.45, 7) is 2.33. The van der Waals surface area contributed by atoms with Gasteiger partial charge in [-0.3, -0.25) is 4.90 Å². The Kier molecular flexibility index (Phi) is 4.62. The number of terminal acetylenes is 1. The van der Waals surface area contributed by atoms with Crippen LogP contribution < -0.4 is 9.46 Å². The van der Waals surface area contributed by atoms with E-state index in [0.717, 1.165) is 25.9 Å². The number of fused-ring (bicyclic) bond motifs is 3. The van der Waals surface area contributed by atoms with E-state index >= 15 is 0 Å². The summed E-state index contributed by atoms with van der Waals surface area (Å²) in [5.41, 5.74) is 0. The molecule has 0 aliphatic carbocycles. The smallest absolute Gasteiger partial charge is 0.240 e. The minimum absolute atomic E-state index is 0.242. The van der Waals surface area contributed by atoms with Crippen molar-refractivity contribution >= 4 is 10.0 Å². The molecule has 3 aliphatic heterocycles. The van der Waals surface area contributed by atoms with Gasteiger partial charge in [0.25, 0.3) is 0 Å². The molecule has 6 heteroatoms. The van der Waals surface area contributed by atoms with E-state index in [1.54, 1.807) is 31.4 Å².